The van der Waals surface area contributed by atoms with Gasteiger partial charge in [-0.1, -0.05) is 11.6 Å². The summed E-state index contributed by atoms with van der Waals surface area (Å²) in [5, 5.41) is 0.439. The summed E-state index contributed by atoms with van der Waals surface area (Å²) in [4.78, 5) is 12.0. The van der Waals surface area contributed by atoms with Crippen molar-refractivity contribution in [3.05, 3.63) is 59.1 Å². The first-order valence-corrected chi connectivity index (χ1v) is 7.78. The molecule has 0 bridgehead atoms. The number of anilines is 1. The first kappa shape index (κ1) is 14.6. The van der Waals surface area contributed by atoms with Gasteiger partial charge < -0.3 is 5.73 Å². The summed E-state index contributed by atoms with van der Waals surface area (Å²) in [5.74, 6) is -1.06. The molecule has 0 aliphatic heterocycles. The number of nitrogen functional groups attached to an aromatic ring is 1. The van der Waals surface area contributed by atoms with Crippen molar-refractivity contribution in [3.63, 3.8) is 0 Å². The summed E-state index contributed by atoms with van der Waals surface area (Å²) in [6.45, 7) is 0. The topological polar surface area (TPSA) is 77.2 Å². The molecule has 0 heterocycles. The SMILES string of the molecule is Nc1ccc(C(=O)CS(=O)(=O)c2ccc(Cl)cc2)cc1. The highest BCUT2D eigenvalue weighted by atomic mass is 35.5. The molecule has 0 saturated heterocycles. The minimum absolute atomic E-state index is 0.0747. The smallest absolute Gasteiger partial charge is 0.185 e. The molecule has 0 amide bonds. The van der Waals surface area contributed by atoms with Gasteiger partial charge in [-0.3, -0.25) is 4.79 Å². The van der Waals surface area contributed by atoms with Gasteiger partial charge in [0.2, 0.25) is 0 Å². The summed E-state index contributed by atoms with van der Waals surface area (Å²) in [7, 11) is -3.67. The molecule has 2 aromatic carbocycles. The molecule has 0 aromatic heterocycles. The van der Waals surface area contributed by atoms with Crippen LogP contribution >= 0.6 is 11.6 Å². The first-order chi connectivity index (χ1) is 9.38. The Morgan fingerprint density at radius 2 is 1.55 bits per heavy atom. The number of Topliss-reactive ketones (excluding diaryl/α,β-unsaturated/α-hetero) is 1. The van der Waals surface area contributed by atoms with Crippen LogP contribution < -0.4 is 5.73 Å². The molecule has 0 aliphatic rings. The Kier molecular flexibility index (Phi) is 4.11. The molecule has 104 valence electrons. The molecule has 2 aromatic rings. The van der Waals surface area contributed by atoms with Crippen LogP contribution in [0.3, 0.4) is 0 Å². The summed E-state index contributed by atoms with van der Waals surface area (Å²) in [6.07, 6.45) is 0. The van der Waals surface area contributed by atoms with Gasteiger partial charge in [0.15, 0.2) is 15.6 Å². The van der Waals surface area contributed by atoms with Gasteiger partial charge >= 0.3 is 0 Å². The molecule has 0 aliphatic carbocycles. The van der Waals surface area contributed by atoms with E-state index in [1.807, 2.05) is 0 Å². The fourth-order valence-corrected chi connectivity index (χ4v) is 3.01. The van der Waals surface area contributed by atoms with Gasteiger partial charge in [0, 0.05) is 16.3 Å². The molecule has 2 N–H and O–H groups in total. The van der Waals surface area contributed by atoms with Crippen molar-refractivity contribution >= 4 is 32.9 Å². The van der Waals surface area contributed by atoms with E-state index in [0.717, 1.165) is 0 Å². The quantitative estimate of drug-likeness (QED) is 0.695. The van der Waals surface area contributed by atoms with Crippen molar-refractivity contribution in [2.24, 2.45) is 0 Å². The third-order valence-corrected chi connectivity index (χ3v) is 4.61. The molecular formula is C14H12ClNO3S. The number of ketones is 1. The second-order valence-electron chi connectivity index (χ2n) is 4.26. The van der Waals surface area contributed by atoms with Crippen molar-refractivity contribution in [3.8, 4) is 0 Å². The average Bonchev–Trinajstić information content (AvgIpc) is 2.39. The molecule has 6 heteroatoms. The number of nitrogens with two attached hydrogens (primary N) is 1. The van der Waals surface area contributed by atoms with E-state index in [1.165, 1.54) is 36.4 Å². The lowest BCUT2D eigenvalue weighted by Crippen LogP contribution is -2.16. The van der Waals surface area contributed by atoms with E-state index in [1.54, 1.807) is 12.1 Å². The number of rotatable bonds is 4. The number of sulfone groups is 1. The molecule has 0 unspecified atom stereocenters. The minimum atomic E-state index is -3.67. The van der Waals surface area contributed by atoms with Gasteiger partial charge in [0.05, 0.1) is 4.90 Å². The highest BCUT2D eigenvalue weighted by molar-refractivity contribution is 7.92. The lowest BCUT2D eigenvalue weighted by molar-refractivity contribution is 0.102. The van der Waals surface area contributed by atoms with E-state index >= 15 is 0 Å². The number of carbonyl (C=O) groups excluding carboxylic acids is 1. The minimum Gasteiger partial charge on any atom is -0.399 e. The maximum Gasteiger partial charge on any atom is 0.185 e. The van der Waals surface area contributed by atoms with Crippen molar-refractivity contribution in [1.29, 1.82) is 0 Å². The second kappa shape index (κ2) is 5.64. The van der Waals surface area contributed by atoms with Crippen molar-refractivity contribution in [2.45, 2.75) is 4.90 Å². The van der Waals surface area contributed by atoms with E-state index in [4.69, 9.17) is 17.3 Å². The van der Waals surface area contributed by atoms with Crippen LogP contribution in [0.2, 0.25) is 5.02 Å². The molecule has 4 nitrogen and oxygen atoms in total. The maximum absolute atomic E-state index is 12.1. The summed E-state index contributed by atoms with van der Waals surface area (Å²) >= 11 is 5.70. The zero-order valence-electron chi connectivity index (χ0n) is 10.4. The Bertz CT molecular complexity index is 722. The Morgan fingerprint density at radius 1 is 1.00 bits per heavy atom. The average molecular weight is 310 g/mol. The van der Waals surface area contributed by atoms with Crippen LogP contribution in [0.25, 0.3) is 0 Å². The van der Waals surface area contributed by atoms with E-state index in [2.05, 4.69) is 0 Å². The van der Waals surface area contributed by atoms with E-state index in [9.17, 15) is 13.2 Å². The molecule has 2 rings (SSSR count). The highest BCUT2D eigenvalue weighted by Gasteiger charge is 2.20. The molecule has 0 atom stereocenters. The van der Waals surface area contributed by atoms with Crippen LogP contribution in [-0.4, -0.2) is 20.0 Å². The largest absolute Gasteiger partial charge is 0.399 e. The summed E-state index contributed by atoms with van der Waals surface area (Å²) in [5.41, 5.74) is 6.35. The number of halogens is 1. The standard InChI is InChI=1S/C14H12ClNO3S/c15-11-3-7-13(8-4-11)20(18,19)9-14(17)10-1-5-12(16)6-2-10/h1-8H,9,16H2. The fraction of sp³-hybridized carbons (Fsp3) is 0.0714. The number of carbonyl (C=O) groups is 1. The van der Waals surface area contributed by atoms with Crippen LogP contribution in [0.4, 0.5) is 5.69 Å². The van der Waals surface area contributed by atoms with Crippen molar-refractivity contribution in [2.75, 3.05) is 11.5 Å². The van der Waals surface area contributed by atoms with E-state index in [0.29, 0.717) is 16.3 Å². The van der Waals surface area contributed by atoms with Gasteiger partial charge in [-0.15, -0.1) is 0 Å². The molecule has 0 spiro atoms. The molecule has 0 fully saturated rings. The highest BCUT2D eigenvalue weighted by Crippen LogP contribution is 2.17. The Morgan fingerprint density at radius 3 is 2.10 bits per heavy atom. The lowest BCUT2D eigenvalue weighted by atomic mass is 10.1. The van der Waals surface area contributed by atoms with E-state index < -0.39 is 21.4 Å². The Labute approximate surface area is 122 Å². The monoisotopic (exact) mass is 309 g/mol. The molecule has 0 radical (unpaired) electrons. The normalized spacial score (nSPS) is 11.2. The van der Waals surface area contributed by atoms with Gasteiger partial charge in [0.25, 0.3) is 0 Å². The van der Waals surface area contributed by atoms with Gasteiger partial charge in [-0.25, -0.2) is 8.42 Å². The zero-order valence-corrected chi connectivity index (χ0v) is 12.0. The van der Waals surface area contributed by atoms with Crippen LogP contribution in [0.5, 0.6) is 0 Å². The third kappa shape index (κ3) is 3.37. The van der Waals surface area contributed by atoms with Crippen molar-refractivity contribution in [1.82, 2.24) is 0 Å². The second-order valence-corrected chi connectivity index (χ2v) is 6.68. The first-order valence-electron chi connectivity index (χ1n) is 5.75. The van der Waals surface area contributed by atoms with Crippen LogP contribution in [0.1, 0.15) is 10.4 Å². The van der Waals surface area contributed by atoms with E-state index in [-0.39, 0.29) is 4.90 Å². The summed E-state index contributed by atoms with van der Waals surface area (Å²) in [6, 6.07) is 11.8. The van der Waals surface area contributed by atoms with Crippen LogP contribution in [0.15, 0.2) is 53.4 Å². The number of benzene rings is 2. The Balaban J connectivity index is 2.22. The fourth-order valence-electron chi connectivity index (χ4n) is 1.65. The zero-order chi connectivity index (χ0) is 14.8. The third-order valence-electron chi connectivity index (χ3n) is 2.73. The predicted octanol–water partition coefficient (Wildman–Crippen LogP) is 2.58. The van der Waals surface area contributed by atoms with Gasteiger partial charge in [0.1, 0.15) is 5.75 Å². The van der Waals surface area contributed by atoms with Gasteiger partial charge in [-0.2, -0.15) is 0 Å². The number of hydrogen-bond acceptors (Lipinski definition) is 4. The molecule has 20 heavy (non-hydrogen) atoms. The lowest BCUT2D eigenvalue weighted by Gasteiger charge is -2.04. The van der Waals surface area contributed by atoms with Crippen LogP contribution in [-0.2, 0) is 9.84 Å². The Hall–Kier alpha value is -1.85. The predicted molar refractivity (Wildman–Crippen MR) is 78.7 cm³/mol. The van der Waals surface area contributed by atoms with Gasteiger partial charge in [-0.05, 0) is 48.5 Å². The number of hydrogen-bond donors (Lipinski definition) is 1. The maximum atomic E-state index is 12.1. The summed E-state index contributed by atoms with van der Waals surface area (Å²) < 4.78 is 24.2. The molecule has 0 saturated carbocycles. The molecular weight excluding hydrogens is 298 g/mol. The van der Waals surface area contributed by atoms with Crippen molar-refractivity contribution < 1.29 is 13.2 Å². The van der Waals surface area contributed by atoms with Crippen LogP contribution in [0, 0.1) is 0 Å².